The summed E-state index contributed by atoms with van der Waals surface area (Å²) in [6, 6.07) is 5.44. The van der Waals surface area contributed by atoms with Gasteiger partial charge in [0.2, 0.25) is 0 Å². The van der Waals surface area contributed by atoms with Crippen molar-refractivity contribution in [2.45, 2.75) is 33.3 Å². The van der Waals surface area contributed by atoms with Crippen LogP contribution in [0.15, 0.2) is 18.2 Å². The van der Waals surface area contributed by atoms with E-state index in [1.54, 1.807) is 6.07 Å². The molecule has 1 fully saturated rings. The molecule has 1 saturated heterocycles. The molecule has 1 aliphatic heterocycles. The standard InChI is InChI=1S/C15H19NO3/c1-9-5-4-6-12(13(9)11(3)17)16-15(18)14-10(2)7-8-19-14/h4-6,10,14H,7-8H2,1-3H3,(H,16,18)/t10-,14+/m0/s1. The first kappa shape index (κ1) is 13.7. The first-order valence-electron chi connectivity index (χ1n) is 6.53. The summed E-state index contributed by atoms with van der Waals surface area (Å²) in [5.41, 5.74) is 2.01. The maximum atomic E-state index is 12.2. The lowest BCUT2D eigenvalue weighted by molar-refractivity contribution is -0.126. The molecular formula is C15H19NO3. The third-order valence-electron chi connectivity index (χ3n) is 3.53. The fraction of sp³-hybridized carbons (Fsp3) is 0.467. The molecule has 0 bridgehead atoms. The Morgan fingerprint density at radius 2 is 2.11 bits per heavy atom. The summed E-state index contributed by atoms with van der Waals surface area (Å²) >= 11 is 0. The van der Waals surface area contributed by atoms with E-state index < -0.39 is 6.10 Å². The maximum Gasteiger partial charge on any atom is 0.253 e. The number of hydrogen-bond acceptors (Lipinski definition) is 3. The van der Waals surface area contributed by atoms with Crippen LogP contribution >= 0.6 is 0 Å². The zero-order valence-electron chi connectivity index (χ0n) is 11.5. The van der Waals surface area contributed by atoms with Crippen LogP contribution in [-0.2, 0) is 9.53 Å². The number of Topliss-reactive ketones (excluding diaryl/α,β-unsaturated/α-hetero) is 1. The van der Waals surface area contributed by atoms with Gasteiger partial charge in [-0.15, -0.1) is 0 Å². The van der Waals surface area contributed by atoms with Crippen molar-refractivity contribution in [3.05, 3.63) is 29.3 Å². The number of hydrogen-bond donors (Lipinski definition) is 1. The Labute approximate surface area is 113 Å². The number of nitrogens with one attached hydrogen (secondary N) is 1. The van der Waals surface area contributed by atoms with E-state index in [4.69, 9.17) is 4.74 Å². The average molecular weight is 261 g/mol. The molecule has 0 spiro atoms. The van der Waals surface area contributed by atoms with Crippen molar-refractivity contribution in [2.24, 2.45) is 5.92 Å². The molecule has 4 heteroatoms. The van der Waals surface area contributed by atoms with Crippen LogP contribution in [0.3, 0.4) is 0 Å². The minimum atomic E-state index is -0.416. The number of ether oxygens (including phenoxy) is 1. The predicted octanol–water partition coefficient (Wildman–Crippen LogP) is 2.56. The molecule has 102 valence electrons. The lowest BCUT2D eigenvalue weighted by Gasteiger charge is -2.16. The molecule has 2 rings (SSSR count). The zero-order valence-corrected chi connectivity index (χ0v) is 11.5. The predicted molar refractivity (Wildman–Crippen MR) is 73.3 cm³/mol. The molecule has 1 aliphatic rings. The minimum Gasteiger partial charge on any atom is -0.368 e. The van der Waals surface area contributed by atoms with E-state index in [1.807, 2.05) is 26.0 Å². The van der Waals surface area contributed by atoms with E-state index in [9.17, 15) is 9.59 Å². The molecule has 2 atom stereocenters. The number of rotatable bonds is 3. The fourth-order valence-corrected chi connectivity index (χ4v) is 2.47. The Morgan fingerprint density at radius 3 is 2.68 bits per heavy atom. The van der Waals surface area contributed by atoms with E-state index in [2.05, 4.69) is 5.32 Å². The van der Waals surface area contributed by atoms with Gasteiger partial charge in [-0.2, -0.15) is 0 Å². The molecule has 4 nitrogen and oxygen atoms in total. The van der Waals surface area contributed by atoms with Crippen LogP contribution in [0, 0.1) is 12.8 Å². The van der Waals surface area contributed by atoms with Crippen LogP contribution in [0.2, 0.25) is 0 Å². The molecule has 1 aromatic rings. The number of carbonyl (C=O) groups excluding carboxylic acids is 2. The van der Waals surface area contributed by atoms with Crippen molar-refractivity contribution in [1.29, 1.82) is 0 Å². The molecule has 1 N–H and O–H groups in total. The summed E-state index contributed by atoms with van der Waals surface area (Å²) in [6.45, 7) is 5.99. The number of amides is 1. The largest absolute Gasteiger partial charge is 0.368 e. The number of carbonyl (C=O) groups is 2. The second-order valence-electron chi connectivity index (χ2n) is 5.10. The van der Waals surface area contributed by atoms with Crippen LogP contribution in [0.5, 0.6) is 0 Å². The Balaban J connectivity index is 2.21. The van der Waals surface area contributed by atoms with Gasteiger partial charge in [-0.05, 0) is 37.8 Å². The Hall–Kier alpha value is -1.68. The van der Waals surface area contributed by atoms with Crippen LogP contribution < -0.4 is 5.32 Å². The van der Waals surface area contributed by atoms with Crippen LogP contribution in [0.25, 0.3) is 0 Å². The van der Waals surface area contributed by atoms with Gasteiger partial charge in [0.25, 0.3) is 5.91 Å². The van der Waals surface area contributed by atoms with E-state index in [0.29, 0.717) is 17.9 Å². The smallest absolute Gasteiger partial charge is 0.253 e. The van der Waals surface area contributed by atoms with Crippen molar-refractivity contribution < 1.29 is 14.3 Å². The summed E-state index contributed by atoms with van der Waals surface area (Å²) in [4.78, 5) is 23.8. The quantitative estimate of drug-likeness (QED) is 0.851. The van der Waals surface area contributed by atoms with Crippen LogP contribution in [-0.4, -0.2) is 24.4 Å². The van der Waals surface area contributed by atoms with Crippen molar-refractivity contribution in [3.63, 3.8) is 0 Å². The highest BCUT2D eigenvalue weighted by atomic mass is 16.5. The topological polar surface area (TPSA) is 55.4 Å². The molecule has 0 aliphatic carbocycles. The highest BCUT2D eigenvalue weighted by Crippen LogP contribution is 2.24. The van der Waals surface area contributed by atoms with Crippen molar-refractivity contribution in [3.8, 4) is 0 Å². The van der Waals surface area contributed by atoms with E-state index in [1.165, 1.54) is 6.92 Å². The number of anilines is 1. The van der Waals surface area contributed by atoms with Crippen LogP contribution in [0.1, 0.15) is 36.2 Å². The summed E-state index contributed by atoms with van der Waals surface area (Å²) < 4.78 is 5.43. The van der Waals surface area contributed by atoms with Gasteiger partial charge in [0.15, 0.2) is 5.78 Å². The molecular weight excluding hydrogens is 242 g/mol. The molecule has 1 heterocycles. The van der Waals surface area contributed by atoms with Gasteiger partial charge in [-0.1, -0.05) is 19.1 Å². The number of benzene rings is 1. The van der Waals surface area contributed by atoms with Gasteiger partial charge < -0.3 is 10.1 Å². The number of aryl methyl sites for hydroxylation is 1. The SMILES string of the molecule is CC(=O)c1c(C)cccc1NC(=O)[C@@H]1OCC[C@@H]1C. The Morgan fingerprint density at radius 1 is 1.37 bits per heavy atom. The highest BCUT2D eigenvalue weighted by Gasteiger charge is 2.31. The molecule has 0 unspecified atom stereocenters. The lowest BCUT2D eigenvalue weighted by atomic mass is 10.0. The normalized spacial score (nSPS) is 22.3. The van der Waals surface area contributed by atoms with Crippen LogP contribution in [0.4, 0.5) is 5.69 Å². The Bertz CT molecular complexity index is 510. The highest BCUT2D eigenvalue weighted by molar-refractivity contribution is 6.05. The zero-order chi connectivity index (χ0) is 14.0. The third-order valence-corrected chi connectivity index (χ3v) is 3.53. The second kappa shape index (κ2) is 5.53. The first-order valence-corrected chi connectivity index (χ1v) is 6.53. The summed E-state index contributed by atoms with van der Waals surface area (Å²) in [6.07, 6.45) is 0.478. The van der Waals surface area contributed by atoms with Crippen molar-refractivity contribution in [1.82, 2.24) is 0 Å². The third kappa shape index (κ3) is 2.84. The second-order valence-corrected chi connectivity index (χ2v) is 5.10. The van der Waals surface area contributed by atoms with E-state index in [0.717, 1.165) is 12.0 Å². The van der Waals surface area contributed by atoms with Gasteiger partial charge in [0, 0.05) is 12.2 Å². The molecule has 1 aromatic carbocycles. The molecule has 0 radical (unpaired) electrons. The average Bonchev–Trinajstić information content (AvgIpc) is 2.75. The summed E-state index contributed by atoms with van der Waals surface area (Å²) in [5.74, 6) is -0.00234. The fourth-order valence-electron chi connectivity index (χ4n) is 2.47. The van der Waals surface area contributed by atoms with Crippen molar-refractivity contribution in [2.75, 3.05) is 11.9 Å². The van der Waals surface area contributed by atoms with Crippen molar-refractivity contribution >= 4 is 17.4 Å². The first-order chi connectivity index (χ1) is 9.00. The summed E-state index contributed by atoms with van der Waals surface area (Å²) in [5, 5.41) is 2.82. The molecule has 0 aromatic heterocycles. The van der Waals surface area contributed by atoms with Gasteiger partial charge in [-0.25, -0.2) is 0 Å². The van der Waals surface area contributed by atoms with Gasteiger partial charge in [0.1, 0.15) is 6.10 Å². The van der Waals surface area contributed by atoms with Gasteiger partial charge >= 0.3 is 0 Å². The van der Waals surface area contributed by atoms with Gasteiger partial charge in [0.05, 0.1) is 5.69 Å². The minimum absolute atomic E-state index is 0.0474. The Kier molecular flexibility index (Phi) is 4.00. The molecule has 19 heavy (non-hydrogen) atoms. The lowest BCUT2D eigenvalue weighted by Crippen LogP contribution is -2.31. The van der Waals surface area contributed by atoms with E-state index >= 15 is 0 Å². The maximum absolute atomic E-state index is 12.2. The molecule has 1 amide bonds. The van der Waals surface area contributed by atoms with E-state index in [-0.39, 0.29) is 17.6 Å². The number of ketones is 1. The monoisotopic (exact) mass is 261 g/mol. The summed E-state index contributed by atoms with van der Waals surface area (Å²) in [7, 11) is 0. The van der Waals surface area contributed by atoms with Gasteiger partial charge in [-0.3, -0.25) is 9.59 Å². The molecule has 0 saturated carbocycles.